The van der Waals surface area contributed by atoms with Gasteiger partial charge < -0.3 is 15.0 Å². The van der Waals surface area contributed by atoms with Gasteiger partial charge in [0.15, 0.2) is 15.8 Å². The maximum atomic E-state index is 11.6. The number of nitrogens with zero attached hydrogens (tertiary/aromatic N) is 2. The second-order valence-electron chi connectivity index (χ2n) is 7.71. The molecule has 2 unspecified atom stereocenters. The summed E-state index contributed by atoms with van der Waals surface area (Å²) >= 11 is 0. The van der Waals surface area contributed by atoms with Crippen LogP contribution in [0.5, 0.6) is 0 Å². The fraction of sp³-hybridized carbons (Fsp3) is 0.938. The predicted octanol–water partition coefficient (Wildman–Crippen LogP) is 1.51. The van der Waals surface area contributed by atoms with Crippen molar-refractivity contribution < 1.29 is 13.2 Å². The van der Waals surface area contributed by atoms with Crippen molar-refractivity contribution in [3.63, 3.8) is 0 Å². The minimum absolute atomic E-state index is 0. The predicted molar refractivity (Wildman–Crippen MR) is 107 cm³/mol. The highest BCUT2D eigenvalue weighted by Crippen LogP contribution is 2.38. The van der Waals surface area contributed by atoms with Crippen LogP contribution in [0.1, 0.15) is 33.1 Å². The molecule has 140 valence electrons. The van der Waals surface area contributed by atoms with Gasteiger partial charge in [0.2, 0.25) is 0 Å². The number of rotatable bonds is 3. The summed E-state index contributed by atoms with van der Waals surface area (Å²) in [6, 6.07) is 0.317. The van der Waals surface area contributed by atoms with Gasteiger partial charge in [0, 0.05) is 37.7 Å². The van der Waals surface area contributed by atoms with Gasteiger partial charge in [-0.25, -0.2) is 8.42 Å². The molecule has 3 saturated heterocycles. The van der Waals surface area contributed by atoms with Crippen LogP contribution >= 0.6 is 24.0 Å². The van der Waals surface area contributed by atoms with Crippen molar-refractivity contribution in [2.24, 2.45) is 16.3 Å². The van der Waals surface area contributed by atoms with Crippen LogP contribution in [0.2, 0.25) is 0 Å². The smallest absolute Gasteiger partial charge is 0.194 e. The molecule has 0 amide bonds. The lowest BCUT2D eigenvalue weighted by atomic mass is 9.87. The van der Waals surface area contributed by atoms with Crippen LogP contribution < -0.4 is 5.32 Å². The molecule has 3 heterocycles. The number of halogens is 1. The molecule has 1 N–H and O–H groups in total. The fourth-order valence-corrected chi connectivity index (χ4v) is 5.66. The largest absolute Gasteiger partial charge is 0.381 e. The van der Waals surface area contributed by atoms with Gasteiger partial charge in [-0.05, 0) is 39.0 Å². The molecule has 0 radical (unpaired) electrons. The number of sulfone groups is 1. The molecule has 0 aliphatic carbocycles. The Kier molecular flexibility index (Phi) is 6.80. The monoisotopic (exact) mass is 471 g/mol. The van der Waals surface area contributed by atoms with Crippen LogP contribution in [0.4, 0.5) is 0 Å². The molecule has 3 aliphatic rings. The first-order chi connectivity index (χ1) is 10.9. The van der Waals surface area contributed by atoms with E-state index in [1.165, 1.54) is 0 Å². The third-order valence-electron chi connectivity index (χ3n) is 5.17. The normalized spacial score (nSPS) is 32.5. The zero-order valence-corrected chi connectivity index (χ0v) is 17.8. The van der Waals surface area contributed by atoms with Crippen LogP contribution in [0.25, 0.3) is 0 Å². The van der Waals surface area contributed by atoms with E-state index < -0.39 is 9.84 Å². The minimum atomic E-state index is -2.82. The van der Waals surface area contributed by atoms with Crippen LogP contribution in [-0.4, -0.2) is 69.7 Å². The second kappa shape index (κ2) is 8.07. The molecule has 24 heavy (non-hydrogen) atoms. The Balaban J connectivity index is 0.00000208. The van der Waals surface area contributed by atoms with Crippen molar-refractivity contribution in [1.82, 2.24) is 10.2 Å². The summed E-state index contributed by atoms with van der Waals surface area (Å²) < 4.78 is 28.8. The molecule has 1 spiro atoms. The summed E-state index contributed by atoms with van der Waals surface area (Å²) in [6.45, 7) is 8.56. The average molecular weight is 471 g/mol. The lowest BCUT2D eigenvalue weighted by Gasteiger charge is -2.26. The van der Waals surface area contributed by atoms with Crippen LogP contribution in [0.15, 0.2) is 4.99 Å². The summed E-state index contributed by atoms with van der Waals surface area (Å²) in [4.78, 5) is 7.11. The molecular weight excluding hydrogens is 441 g/mol. The van der Waals surface area contributed by atoms with Gasteiger partial charge in [-0.1, -0.05) is 0 Å². The molecule has 0 saturated carbocycles. The number of hydrogen-bond acceptors (Lipinski definition) is 4. The molecule has 0 bridgehead atoms. The molecule has 0 aromatic carbocycles. The molecule has 2 atom stereocenters. The zero-order valence-electron chi connectivity index (χ0n) is 14.7. The minimum Gasteiger partial charge on any atom is -0.381 e. The van der Waals surface area contributed by atoms with E-state index in [1.807, 2.05) is 0 Å². The zero-order chi connectivity index (χ0) is 16.5. The van der Waals surface area contributed by atoms with E-state index >= 15 is 0 Å². The Morgan fingerprint density at radius 3 is 2.79 bits per heavy atom. The van der Waals surface area contributed by atoms with E-state index in [1.54, 1.807) is 0 Å². The molecule has 3 rings (SSSR count). The Labute approximate surface area is 162 Å². The SMILES string of the molecule is CC(C)NC(=NCC1CCS(=O)(=O)C1)N1CCC2(CCOC2)C1.I. The first-order valence-corrected chi connectivity index (χ1v) is 10.5. The average Bonchev–Trinajstić information content (AvgIpc) is 3.17. The van der Waals surface area contributed by atoms with E-state index in [4.69, 9.17) is 9.73 Å². The molecule has 3 aliphatic heterocycles. The maximum absolute atomic E-state index is 11.6. The van der Waals surface area contributed by atoms with E-state index in [9.17, 15) is 8.42 Å². The van der Waals surface area contributed by atoms with E-state index in [0.29, 0.717) is 29.5 Å². The molecule has 0 aromatic rings. The number of ether oxygens (including phenoxy) is 1. The van der Waals surface area contributed by atoms with Crippen molar-refractivity contribution in [1.29, 1.82) is 0 Å². The summed E-state index contributed by atoms with van der Waals surface area (Å²) in [6.07, 6.45) is 3.04. The third-order valence-corrected chi connectivity index (χ3v) is 7.00. The van der Waals surface area contributed by atoms with E-state index in [-0.39, 0.29) is 29.9 Å². The van der Waals surface area contributed by atoms with Crippen molar-refractivity contribution in [2.75, 3.05) is 44.4 Å². The van der Waals surface area contributed by atoms with Crippen LogP contribution in [-0.2, 0) is 14.6 Å². The number of hydrogen-bond donors (Lipinski definition) is 1. The molecular formula is C16H30IN3O3S. The number of aliphatic imine (C=N–C) groups is 1. The Morgan fingerprint density at radius 1 is 1.42 bits per heavy atom. The summed E-state index contributed by atoms with van der Waals surface area (Å²) in [7, 11) is -2.82. The molecule has 0 aromatic heterocycles. The van der Waals surface area contributed by atoms with Gasteiger partial charge in [0.25, 0.3) is 0 Å². The number of nitrogens with one attached hydrogen (secondary N) is 1. The standard InChI is InChI=1S/C16H29N3O3S.HI/c1-13(2)18-15(17-9-14-3-8-23(20,21)10-14)19-6-4-16(11-19)5-7-22-12-16;/h13-14H,3-12H2,1-2H3,(H,17,18);1H. The molecule has 8 heteroatoms. The Morgan fingerprint density at radius 2 is 2.21 bits per heavy atom. The van der Waals surface area contributed by atoms with Gasteiger partial charge in [-0.15, -0.1) is 24.0 Å². The van der Waals surface area contributed by atoms with Gasteiger partial charge in [0.05, 0.1) is 18.1 Å². The Bertz CT molecular complexity index is 559. The first-order valence-electron chi connectivity index (χ1n) is 8.72. The van der Waals surface area contributed by atoms with Crippen molar-refractivity contribution in [3.05, 3.63) is 0 Å². The van der Waals surface area contributed by atoms with Crippen LogP contribution in [0, 0.1) is 11.3 Å². The summed E-state index contributed by atoms with van der Waals surface area (Å²) in [5.74, 6) is 1.73. The van der Waals surface area contributed by atoms with Gasteiger partial charge in [-0.2, -0.15) is 0 Å². The van der Waals surface area contributed by atoms with Crippen LogP contribution in [0.3, 0.4) is 0 Å². The quantitative estimate of drug-likeness (QED) is 0.384. The van der Waals surface area contributed by atoms with Gasteiger partial charge in [0.1, 0.15) is 0 Å². The fourth-order valence-electron chi connectivity index (χ4n) is 3.81. The molecule has 6 nitrogen and oxygen atoms in total. The Hall–Kier alpha value is -0.0900. The lowest BCUT2D eigenvalue weighted by Crippen LogP contribution is -2.44. The number of guanidine groups is 1. The molecule has 3 fully saturated rings. The van der Waals surface area contributed by atoms with E-state index in [2.05, 4.69) is 24.1 Å². The topological polar surface area (TPSA) is 71.0 Å². The van der Waals surface area contributed by atoms with Crippen molar-refractivity contribution in [3.8, 4) is 0 Å². The van der Waals surface area contributed by atoms with Crippen molar-refractivity contribution in [2.45, 2.75) is 39.2 Å². The van der Waals surface area contributed by atoms with E-state index in [0.717, 1.165) is 51.5 Å². The lowest BCUT2D eigenvalue weighted by molar-refractivity contribution is 0.156. The summed E-state index contributed by atoms with van der Waals surface area (Å²) in [5, 5.41) is 3.46. The first kappa shape index (κ1) is 20.2. The highest BCUT2D eigenvalue weighted by Gasteiger charge is 2.42. The number of likely N-dealkylation sites (tertiary alicyclic amines) is 1. The second-order valence-corrected chi connectivity index (χ2v) is 9.94. The highest BCUT2D eigenvalue weighted by molar-refractivity contribution is 14.0. The maximum Gasteiger partial charge on any atom is 0.194 e. The third kappa shape index (κ3) is 4.97. The highest BCUT2D eigenvalue weighted by atomic mass is 127. The van der Waals surface area contributed by atoms with Gasteiger partial charge in [-0.3, -0.25) is 4.99 Å². The van der Waals surface area contributed by atoms with Gasteiger partial charge >= 0.3 is 0 Å². The summed E-state index contributed by atoms with van der Waals surface area (Å²) in [5.41, 5.74) is 0.302. The van der Waals surface area contributed by atoms with Crippen molar-refractivity contribution >= 4 is 39.8 Å².